The van der Waals surface area contributed by atoms with Crippen LogP contribution in [0.5, 0.6) is 0 Å². The third-order valence-electron chi connectivity index (χ3n) is 2.72. The van der Waals surface area contributed by atoms with Crippen molar-refractivity contribution in [3.8, 4) is 11.1 Å². The molecule has 2 aromatic carbocycles. The third kappa shape index (κ3) is 3.43. The van der Waals surface area contributed by atoms with Gasteiger partial charge in [0.25, 0.3) is 10.1 Å². The first kappa shape index (κ1) is 16.4. The van der Waals surface area contributed by atoms with Crippen molar-refractivity contribution in [2.24, 2.45) is 5.14 Å². The molecule has 3 N–H and O–H groups in total. The molecule has 21 heavy (non-hydrogen) atoms. The fourth-order valence-electron chi connectivity index (χ4n) is 1.89. The highest BCUT2D eigenvalue weighted by Crippen LogP contribution is 2.35. The Hall–Kier alpha value is -1.01. The van der Waals surface area contributed by atoms with Crippen LogP contribution in [-0.4, -0.2) is 21.4 Å². The van der Waals surface area contributed by atoms with Crippen LogP contribution in [0.2, 0.25) is 0 Å². The number of primary sulfonamides is 1. The topological polar surface area (TPSA) is 115 Å². The Labute approximate surface area is 135 Å². The molecule has 0 fully saturated rings. The zero-order valence-corrected chi connectivity index (χ0v) is 14.2. The molecular weight excluding hydrogens is 429 g/mol. The van der Waals surface area contributed by atoms with Crippen LogP contribution in [0.1, 0.15) is 0 Å². The lowest BCUT2D eigenvalue weighted by atomic mass is 10.1. The lowest BCUT2D eigenvalue weighted by Crippen LogP contribution is -2.15. The Morgan fingerprint density at radius 1 is 0.905 bits per heavy atom. The van der Waals surface area contributed by atoms with Gasteiger partial charge in [0, 0.05) is 9.13 Å². The first-order chi connectivity index (χ1) is 9.62. The van der Waals surface area contributed by atoms with Crippen LogP contribution in [0, 0.1) is 3.57 Å². The van der Waals surface area contributed by atoms with Crippen LogP contribution < -0.4 is 5.14 Å². The van der Waals surface area contributed by atoms with E-state index in [-0.39, 0.29) is 10.5 Å². The Kier molecular flexibility index (Phi) is 4.40. The fourth-order valence-corrected chi connectivity index (χ4v) is 4.12. The van der Waals surface area contributed by atoms with Crippen LogP contribution in [0.15, 0.2) is 52.3 Å². The normalized spacial score (nSPS) is 12.3. The van der Waals surface area contributed by atoms with Crippen molar-refractivity contribution in [3.05, 3.63) is 46.0 Å². The number of halogens is 1. The fraction of sp³-hybridized carbons (Fsp3) is 0. The molecule has 0 radical (unpaired) electrons. The molecule has 0 aliphatic rings. The highest BCUT2D eigenvalue weighted by Gasteiger charge is 2.25. The van der Waals surface area contributed by atoms with E-state index in [0.29, 0.717) is 9.13 Å². The highest BCUT2D eigenvalue weighted by molar-refractivity contribution is 14.1. The number of sulfonamides is 1. The van der Waals surface area contributed by atoms with Crippen molar-refractivity contribution in [1.82, 2.24) is 0 Å². The Morgan fingerprint density at radius 3 is 2.00 bits per heavy atom. The highest BCUT2D eigenvalue weighted by atomic mass is 127. The molecule has 0 aliphatic carbocycles. The van der Waals surface area contributed by atoms with E-state index in [9.17, 15) is 21.4 Å². The maximum Gasteiger partial charge on any atom is 0.295 e. The summed E-state index contributed by atoms with van der Waals surface area (Å²) < 4.78 is 56.5. The summed E-state index contributed by atoms with van der Waals surface area (Å²) in [7, 11) is -8.76. The molecular formula is C12H10INO5S2. The predicted octanol–water partition coefficient (Wildman–Crippen LogP) is 1.85. The summed E-state index contributed by atoms with van der Waals surface area (Å²) in [5.74, 6) is 0. The molecule has 0 aromatic heterocycles. The summed E-state index contributed by atoms with van der Waals surface area (Å²) in [5, 5.41) is 5.15. The Morgan fingerprint density at radius 2 is 1.48 bits per heavy atom. The van der Waals surface area contributed by atoms with Gasteiger partial charge in [-0.3, -0.25) is 4.55 Å². The van der Waals surface area contributed by atoms with E-state index in [4.69, 9.17) is 5.14 Å². The van der Waals surface area contributed by atoms with Crippen molar-refractivity contribution in [3.63, 3.8) is 0 Å². The number of rotatable bonds is 3. The van der Waals surface area contributed by atoms with Gasteiger partial charge >= 0.3 is 0 Å². The van der Waals surface area contributed by atoms with Crippen LogP contribution in [0.25, 0.3) is 11.1 Å². The van der Waals surface area contributed by atoms with Crippen LogP contribution in [-0.2, 0) is 20.1 Å². The molecule has 0 amide bonds. The number of hydrogen-bond acceptors (Lipinski definition) is 4. The maximum absolute atomic E-state index is 11.7. The van der Waals surface area contributed by atoms with Crippen LogP contribution in [0.3, 0.4) is 0 Å². The lowest BCUT2D eigenvalue weighted by molar-refractivity contribution is 0.483. The zero-order chi connectivity index (χ0) is 15.8. The second-order valence-corrected chi connectivity index (χ2v) is 8.21. The summed E-state index contributed by atoms with van der Waals surface area (Å²) in [6, 6.07) is 10.1. The number of benzene rings is 2. The van der Waals surface area contributed by atoms with E-state index in [1.807, 2.05) is 22.6 Å². The predicted molar refractivity (Wildman–Crippen MR) is 85.8 cm³/mol. The van der Waals surface area contributed by atoms with E-state index < -0.39 is 25.0 Å². The second-order valence-electron chi connectivity index (χ2n) is 4.13. The molecule has 0 atom stereocenters. The molecule has 2 aromatic rings. The van der Waals surface area contributed by atoms with Gasteiger partial charge < -0.3 is 0 Å². The van der Waals surface area contributed by atoms with Gasteiger partial charge in [-0.15, -0.1) is 0 Å². The van der Waals surface area contributed by atoms with E-state index >= 15 is 0 Å². The van der Waals surface area contributed by atoms with Crippen molar-refractivity contribution >= 4 is 42.7 Å². The van der Waals surface area contributed by atoms with Gasteiger partial charge in [-0.1, -0.05) is 24.3 Å². The van der Waals surface area contributed by atoms with Gasteiger partial charge in [0.1, 0.15) is 4.90 Å². The summed E-state index contributed by atoms with van der Waals surface area (Å²) in [5.41, 5.74) is 0.225. The SMILES string of the molecule is NS(=O)(=O)c1cccc(S(=O)(=O)O)c1-c1ccccc1I. The van der Waals surface area contributed by atoms with Crippen molar-refractivity contribution in [2.75, 3.05) is 0 Å². The second kappa shape index (κ2) is 5.65. The lowest BCUT2D eigenvalue weighted by Gasteiger charge is -2.13. The Balaban J connectivity index is 3.01. The minimum absolute atomic E-state index is 0.132. The molecule has 9 heteroatoms. The molecule has 2 rings (SSSR count). The maximum atomic E-state index is 11.7. The molecule has 6 nitrogen and oxygen atoms in total. The summed E-state index contributed by atoms with van der Waals surface area (Å²) in [4.78, 5) is -0.861. The van der Waals surface area contributed by atoms with E-state index in [2.05, 4.69) is 0 Å². The van der Waals surface area contributed by atoms with Crippen LogP contribution in [0.4, 0.5) is 0 Å². The minimum Gasteiger partial charge on any atom is -0.282 e. The van der Waals surface area contributed by atoms with Gasteiger partial charge in [-0.05, 0) is 46.4 Å². The van der Waals surface area contributed by atoms with Gasteiger partial charge in [-0.2, -0.15) is 8.42 Å². The minimum atomic E-state index is -4.60. The van der Waals surface area contributed by atoms with Gasteiger partial charge in [0.05, 0.1) is 4.90 Å². The summed E-state index contributed by atoms with van der Waals surface area (Å²) in [6.45, 7) is 0. The average Bonchev–Trinajstić information content (AvgIpc) is 2.36. The van der Waals surface area contributed by atoms with Crippen molar-refractivity contribution in [2.45, 2.75) is 9.79 Å². The molecule has 0 heterocycles. The van der Waals surface area contributed by atoms with E-state index in [1.165, 1.54) is 12.1 Å². The quantitative estimate of drug-likeness (QED) is 0.560. The van der Waals surface area contributed by atoms with E-state index in [1.54, 1.807) is 24.3 Å². The first-order valence-electron chi connectivity index (χ1n) is 5.50. The van der Waals surface area contributed by atoms with E-state index in [0.717, 1.165) is 6.07 Å². The van der Waals surface area contributed by atoms with Crippen molar-refractivity contribution < 1.29 is 21.4 Å². The monoisotopic (exact) mass is 439 g/mol. The molecule has 112 valence electrons. The van der Waals surface area contributed by atoms with Gasteiger partial charge in [0.15, 0.2) is 0 Å². The number of hydrogen-bond donors (Lipinski definition) is 2. The smallest absolute Gasteiger partial charge is 0.282 e. The molecule has 0 bridgehead atoms. The van der Waals surface area contributed by atoms with Crippen LogP contribution >= 0.6 is 22.6 Å². The molecule has 0 spiro atoms. The standard InChI is InChI=1S/C12H10INO5S2/c13-9-5-2-1-4-8(9)12-10(20(14,15)16)6-3-7-11(12)21(17,18)19/h1-7H,(H2,14,15,16)(H,17,18,19). The molecule has 0 saturated heterocycles. The summed E-state index contributed by atoms with van der Waals surface area (Å²) >= 11 is 1.94. The first-order valence-corrected chi connectivity index (χ1v) is 9.57. The van der Waals surface area contributed by atoms with Gasteiger partial charge in [-0.25, -0.2) is 13.6 Å². The molecule has 0 saturated carbocycles. The average molecular weight is 439 g/mol. The van der Waals surface area contributed by atoms with Crippen molar-refractivity contribution in [1.29, 1.82) is 0 Å². The summed E-state index contributed by atoms with van der Waals surface area (Å²) in [6.07, 6.45) is 0. The third-order valence-corrected chi connectivity index (χ3v) is 5.51. The zero-order valence-electron chi connectivity index (χ0n) is 10.4. The van der Waals surface area contributed by atoms with Gasteiger partial charge in [0.2, 0.25) is 10.0 Å². The molecule has 0 aliphatic heterocycles. The molecule has 0 unspecified atom stereocenters. The largest absolute Gasteiger partial charge is 0.295 e. The Bertz CT molecular complexity index is 857. The number of nitrogens with two attached hydrogens (primary N) is 1.